The standard InChI is InChI=1S/C16H13Cl2NO6S/c1-11(20)25-19(16(21)22,10-12-6-3-2-4-7-12)26(23,24)15-13(17)8-5-9-14(15)18/h2-9H,10H2,1H3/p+1. The van der Waals surface area contributed by atoms with Crippen molar-refractivity contribution < 1.29 is 32.0 Å². The van der Waals surface area contributed by atoms with Gasteiger partial charge >= 0.3 is 22.1 Å². The minimum absolute atomic E-state index is 0.290. The van der Waals surface area contributed by atoms with Gasteiger partial charge in [0, 0.05) is 12.5 Å². The molecule has 0 saturated heterocycles. The van der Waals surface area contributed by atoms with E-state index in [1.807, 2.05) is 0 Å². The van der Waals surface area contributed by atoms with E-state index in [-0.39, 0.29) is 10.0 Å². The normalized spacial score (nSPS) is 13.7. The lowest BCUT2D eigenvalue weighted by atomic mass is 10.2. The smallest absolute Gasteiger partial charge is 0.432 e. The van der Waals surface area contributed by atoms with E-state index < -0.39 is 37.6 Å². The van der Waals surface area contributed by atoms with E-state index in [0.717, 1.165) is 6.92 Å². The maximum atomic E-state index is 13.2. The second-order valence-electron chi connectivity index (χ2n) is 5.21. The van der Waals surface area contributed by atoms with Gasteiger partial charge in [-0.1, -0.05) is 59.6 Å². The van der Waals surface area contributed by atoms with Crippen LogP contribution in [-0.4, -0.2) is 29.6 Å². The van der Waals surface area contributed by atoms with Gasteiger partial charge in [-0.15, -0.1) is 0 Å². The van der Waals surface area contributed by atoms with Gasteiger partial charge in [0.15, 0.2) is 11.4 Å². The molecule has 7 nitrogen and oxygen atoms in total. The zero-order valence-electron chi connectivity index (χ0n) is 13.4. The van der Waals surface area contributed by atoms with Crippen molar-refractivity contribution in [2.75, 3.05) is 0 Å². The number of hydroxylamine groups is 2. The Morgan fingerprint density at radius 1 is 1.04 bits per heavy atom. The first-order chi connectivity index (χ1) is 12.1. The molecule has 0 aliphatic rings. The molecular weight excluding hydrogens is 405 g/mol. The third-order valence-electron chi connectivity index (χ3n) is 3.37. The van der Waals surface area contributed by atoms with Crippen molar-refractivity contribution in [1.29, 1.82) is 0 Å². The van der Waals surface area contributed by atoms with E-state index in [4.69, 9.17) is 28.0 Å². The van der Waals surface area contributed by atoms with Crippen molar-refractivity contribution in [3.63, 3.8) is 0 Å². The van der Waals surface area contributed by atoms with Crippen molar-refractivity contribution in [1.82, 2.24) is 0 Å². The maximum absolute atomic E-state index is 13.2. The van der Waals surface area contributed by atoms with Crippen LogP contribution < -0.4 is 0 Å². The monoisotopic (exact) mass is 418 g/mol. The molecule has 0 bridgehead atoms. The van der Waals surface area contributed by atoms with Crippen LogP contribution >= 0.6 is 23.2 Å². The number of quaternary nitrogens is 1. The first-order valence-corrected chi connectivity index (χ1v) is 9.36. The van der Waals surface area contributed by atoms with Crippen molar-refractivity contribution in [2.24, 2.45) is 0 Å². The molecule has 10 heteroatoms. The third kappa shape index (κ3) is 3.68. The fourth-order valence-electron chi connectivity index (χ4n) is 2.28. The van der Waals surface area contributed by atoms with Crippen molar-refractivity contribution >= 4 is 45.3 Å². The number of benzene rings is 2. The largest absolute Gasteiger partial charge is 0.574 e. The van der Waals surface area contributed by atoms with Crippen LogP contribution in [0.4, 0.5) is 4.79 Å². The highest BCUT2D eigenvalue weighted by Gasteiger charge is 2.57. The fraction of sp³-hybridized carbons (Fsp3) is 0.125. The van der Waals surface area contributed by atoms with E-state index in [1.165, 1.54) is 30.3 Å². The van der Waals surface area contributed by atoms with Gasteiger partial charge in [-0.25, -0.2) is 9.63 Å². The molecule has 0 saturated carbocycles. The van der Waals surface area contributed by atoms with Gasteiger partial charge in [-0.2, -0.15) is 13.2 Å². The summed E-state index contributed by atoms with van der Waals surface area (Å²) in [5.74, 6) is -1.10. The van der Waals surface area contributed by atoms with E-state index in [2.05, 4.69) is 0 Å². The average Bonchev–Trinajstić information content (AvgIpc) is 2.54. The predicted octanol–water partition coefficient (Wildman–Crippen LogP) is 3.86. The van der Waals surface area contributed by atoms with Gasteiger partial charge in [0.05, 0.1) is 14.1 Å². The molecule has 0 fully saturated rings. The Hall–Kier alpha value is -2.13. The second kappa shape index (κ2) is 7.63. The number of halogens is 2. The van der Waals surface area contributed by atoms with Crippen LogP contribution in [-0.2, 0) is 26.2 Å². The molecule has 0 radical (unpaired) electrons. The molecule has 2 aromatic carbocycles. The molecule has 0 aromatic heterocycles. The molecule has 26 heavy (non-hydrogen) atoms. The summed E-state index contributed by atoms with van der Waals surface area (Å²) < 4.78 is 24.4. The van der Waals surface area contributed by atoms with E-state index in [1.54, 1.807) is 18.2 Å². The number of amides is 1. The Bertz CT molecular complexity index is 928. The Morgan fingerprint density at radius 3 is 2.04 bits per heavy atom. The van der Waals surface area contributed by atoms with Gasteiger partial charge < -0.3 is 5.11 Å². The molecule has 0 aliphatic carbocycles. The summed E-state index contributed by atoms with van der Waals surface area (Å²) in [6, 6.07) is 11.8. The first-order valence-electron chi connectivity index (χ1n) is 7.16. The quantitative estimate of drug-likeness (QED) is 0.597. The number of carbonyl (C=O) groups is 2. The second-order valence-corrected chi connectivity index (χ2v) is 7.97. The minimum atomic E-state index is -4.89. The third-order valence-corrected chi connectivity index (χ3v) is 6.31. The molecule has 0 spiro atoms. The van der Waals surface area contributed by atoms with Crippen molar-refractivity contribution in [3.05, 3.63) is 64.1 Å². The number of rotatable bonds is 4. The van der Waals surface area contributed by atoms with Crippen molar-refractivity contribution in [2.45, 2.75) is 18.4 Å². The predicted molar refractivity (Wildman–Crippen MR) is 93.8 cm³/mol. The molecule has 1 amide bonds. The minimum Gasteiger partial charge on any atom is -0.432 e. The highest BCUT2D eigenvalue weighted by Crippen LogP contribution is 2.37. The molecule has 2 aromatic rings. The Morgan fingerprint density at radius 2 is 1.58 bits per heavy atom. The molecule has 2 rings (SSSR count). The van der Waals surface area contributed by atoms with Crippen LogP contribution in [0.5, 0.6) is 0 Å². The van der Waals surface area contributed by atoms with Gasteiger partial charge in [0.25, 0.3) is 0 Å². The summed E-state index contributed by atoms with van der Waals surface area (Å²) in [5.41, 5.74) is 0.308. The summed E-state index contributed by atoms with van der Waals surface area (Å²) in [4.78, 5) is 27.8. The fourth-order valence-corrected chi connectivity index (χ4v) is 4.92. The van der Waals surface area contributed by atoms with Crippen LogP contribution in [0, 0.1) is 0 Å². The lowest BCUT2D eigenvalue weighted by molar-refractivity contribution is -0.936. The SMILES string of the molecule is CC(=O)O[N+](Cc1ccccc1)(C(=O)O)S(=O)(=O)c1c(Cl)cccc1Cl. The van der Waals surface area contributed by atoms with E-state index in [9.17, 15) is 23.1 Å². The van der Waals surface area contributed by atoms with Crippen LogP contribution in [0.25, 0.3) is 0 Å². The van der Waals surface area contributed by atoms with E-state index in [0.29, 0.717) is 5.56 Å². The summed E-state index contributed by atoms with van der Waals surface area (Å²) >= 11 is 11.9. The van der Waals surface area contributed by atoms with Crippen molar-refractivity contribution in [3.8, 4) is 0 Å². The van der Waals surface area contributed by atoms with Gasteiger partial charge in [0.1, 0.15) is 0 Å². The number of hydrogen-bond donors (Lipinski definition) is 1. The highest BCUT2D eigenvalue weighted by atomic mass is 35.5. The molecular formula is C16H14Cl2NO6S+. The number of sulfonamides is 1. The number of hydrogen-bond acceptors (Lipinski definition) is 5. The van der Waals surface area contributed by atoms with Gasteiger partial charge in [-0.05, 0) is 12.1 Å². The first kappa shape index (κ1) is 20.2. The Labute approximate surface area is 159 Å². The molecule has 1 atom stereocenters. The highest BCUT2D eigenvalue weighted by molar-refractivity contribution is 7.86. The number of carbonyl (C=O) groups excluding carboxylic acids is 1. The molecule has 0 heterocycles. The number of carboxylic acid groups (broad SMARTS) is 1. The summed E-state index contributed by atoms with van der Waals surface area (Å²) in [7, 11) is -4.89. The van der Waals surface area contributed by atoms with Crippen LogP contribution in [0.2, 0.25) is 10.0 Å². The molecule has 1 N–H and O–H groups in total. The zero-order chi connectivity index (χ0) is 19.5. The number of nitrogens with zero attached hydrogens (tertiary/aromatic N) is 1. The van der Waals surface area contributed by atoms with Crippen LogP contribution in [0.3, 0.4) is 0 Å². The lowest BCUT2D eigenvalue weighted by Crippen LogP contribution is -2.56. The van der Waals surface area contributed by atoms with Crippen LogP contribution in [0.15, 0.2) is 53.4 Å². The Balaban J connectivity index is 2.77. The zero-order valence-corrected chi connectivity index (χ0v) is 15.8. The lowest BCUT2D eigenvalue weighted by Gasteiger charge is -2.27. The molecule has 138 valence electrons. The molecule has 0 aliphatic heterocycles. The van der Waals surface area contributed by atoms with Crippen LogP contribution in [0.1, 0.15) is 12.5 Å². The van der Waals surface area contributed by atoms with Gasteiger partial charge in [0.2, 0.25) is 0 Å². The van der Waals surface area contributed by atoms with Gasteiger partial charge in [-0.3, -0.25) is 0 Å². The maximum Gasteiger partial charge on any atom is 0.574 e. The van der Waals surface area contributed by atoms with E-state index >= 15 is 0 Å². The summed E-state index contributed by atoms with van der Waals surface area (Å²) in [6.45, 7) is 0.226. The average molecular weight is 419 g/mol. The topological polar surface area (TPSA) is 97.7 Å². The summed E-state index contributed by atoms with van der Waals surface area (Å²) in [6.07, 6.45) is -1.92. The summed E-state index contributed by atoms with van der Waals surface area (Å²) in [5, 5.41) is 9.16. The molecule has 1 unspecified atom stereocenters. The Kier molecular flexibility index (Phi) is 5.92.